The van der Waals surface area contributed by atoms with E-state index in [9.17, 15) is 24.0 Å². The van der Waals surface area contributed by atoms with Crippen molar-refractivity contribution in [3.8, 4) is 0 Å². The summed E-state index contributed by atoms with van der Waals surface area (Å²) >= 11 is 0. The molecule has 51 heavy (non-hydrogen) atoms. The van der Waals surface area contributed by atoms with E-state index in [2.05, 4.69) is 16.0 Å². The number of nitrogens with one attached hydrogen (secondary N) is 3. The van der Waals surface area contributed by atoms with Gasteiger partial charge in [-0.05, 0) is 83.5 Å². The molecule has 3 N–H and O–H groups in total. The maximum absolute atomic E-state index is 12.4. The second kappa shape index (κ2) is 22.4. The summed E-state index contributed by atoms with van der Waals surface area (Å²) in [7, 11) is 0. The standard InChI is InChI=1S/C22H32N2O5.C17H24N2O3/c1-22(2,3)29-21(27)24-14-11-18(12-15-24)19(25)10-7-13-23-20(26)28-16-17-8-5-4-6-9-17;20-16(15-8-11-18-12-9-15)7-4-10-19-17(21)22-13-14-5-2-1-3-6-14/h4-6,8-9,18H,7,10-16H2,1-3H3,(H,23,26);1-3,5-6,15,18H,4,7-13H2,(H,19,21). The third-order valence-corrected chi connectivity index (χ3v) is 8.56. The maximum atomic E-state index is 12.4. The number of ketones is 2. The van der Waals surface area contributed by atoms with Crippen LogP contribution >= 0.6 is 0 Å². The predicted molar refractivity (Wildman–Crippen MR) is 194 cm³/mol. The zero-order valence-electron chi connectivity index (χ0n) is 30.5. The highest BCUT2D eigenvalue weighted by Gasteiger charge is 2.29. The molecule has 0 saturated carbocycles. The van der Waals surface area contributed by atoms with E-state index in [1.165, 1.54) is 0 Å². The number of carbonyl (C=O) groups excluding carboxylic acids is 5. The summed E-state index contributed by atoms with van der Waals surface area (Å²) in [5, 5.41) is 8.61. The van der Waals surface area contributed by atoms with E-state index in [1.807, 2.05) is 81.4 Å². The van der Waals surface area contributed by atoms with Gasteiger partial charge in [-0.15, -0.1) is 0 Å². The highest BCUT2D eigenvalue weighted by Crippen LogP contribution is 2.22. The fourth-order valence-electron chi connectivity index (χ4n) is 5.72. The van der Waals surface area contributed by atoms with Gasteiger partial charge in [0.15, 0.2) is 0 Å². The molecule has 0 aliphatic carbocycles. The number of hydrogen-bond acceptors (Lipinski definition) is 9. The van der Waals surface area contributed by atoms with E-state index in [-0.39, 0.29) is 36.9 Å². The van der Waals surface area contributed by atoms with Gasteiger partial charge in [-0.2, -0.15) is 0 Å². The molecule has 0 bridgehead atoms. The quantitative estimate of drug-likeness (QED) is 0.155. The highest BCUT2D eigenvalue weighted by molar-refractivity contribution is 5.82. The Kier molecular flexibility index (Phi) is 18.0. The molecule has 0 radical (unpaired) electrons. The molecule has 0 unspecified atom stereocenters. The highest BCUT2D eigenvalue weighted by atomic mass is 16.6. The lowest BCUT2D eigenvalue weighted by Gasteiger charge is -2.33. The first kappa shape index (κ1) is 41.0. The van der Waals surface area contributed by atoms with E-state index < -0.39 is 17.8 Å². The number of likely N-dealkylation sites (tertiary alicyclic amines) is 1. The first-order chi connectivity index (χ1) is 24.5. The monoisotopic (exact) mass is 708 g/mol. The van der Waals surface area contributed by atoms with Gasteiger partial charge in [-0.3, -0.25) is 9.59 Å². The van der Waals surface area contributed by atoms with Crippen LogP contribution in [0.4, 0.5) is 14.4 Å². The number of carbonyl (C=O) groups is 5. The van der Waals surface area contributed by atoms with Crippen LogP contribution in [-0.4, -0.2) is 79.6 Å². The van der Waals surface area contributed by atoms with Crippen molar-refractivity contribution in [1.82, 2.24) is 20.9 Å². The number of piperidine rings is 2. The molecule has 2 heterocycles. The van der Waals surface area contributed by atoms with Crippen LogP contribution in [0.25, 0.3) is 0 Å². The van der Waals surface area contributed by atoms with E-state index >= 15 is 0 Å². The number of benzene rings is 2. The predicted octanol–water partition coefficient (Wildman–Crippen LogP) is 6.17. The number of hydrogen-bond donors (Lipinski definition) is 3. The van der Waals surface area contributed by atoms with Gasteiger partial charge in [-0.1, -0.05) is 60.7 Å². The van der Waals surface area contributed by atoms with E-state index in [1.54, 1.807) is 4.90 Å². The number of alkyl carbamates (subject to hydrolysis) is 2. The zero-order chi connectivity index (χ0) is 36.9. The van der Waals surface area contributed by atoms with Crippen molar-refractivity contribution in [2.24, 2.45) is 11.8 Å². The number of nitrogens with zero attached hydrogens (tertiary/aromatic N) is 1. The molecule has 2 saturated heterocycles. The Balaban J connectivity index is 0.000000286. The molecule has 12 heteroatoms. The van der Waals surface area contributed by atoms with Gasteiger partial charge < -0.3 is 35.1 Å². The number of ether oxygens (including phenoxy) is 3. The van der Waals surface area contributed by atoms with Gasteiger partial charge in [-0.25, -0.2) is 14.4 Å². The molecule has 0 atom stereocenters. The minimum absolute atomic E-state index is 0.0290. The number of Topliss-reactive ketones (excluding diaryl/α,β-unsaturated/α-hetero) is 2. The Hall–Kier alpha value is -4.45. The fourth-order valence-corrected chi connectivity index (χ4v) is 5.72. The van der Waals surface area contributed by atoms with Crippen LogP contribution in [0.15, 0.2) is 60.7 Å². The summed E-state index contributed by atoms with van der Waals surface area (Å²) in [4.78, 5) is 61.3. The summed E-state index contributed by atoms with van der Waals surface area (Å²) in [5.41, 5.74) is 1.37. The van der Waals surface area contributed by atoms with E-state index in [0.29, 0.717) is 70.5 Å². The average molecular weight is 709 g/mol. The van der Waals surface area contributed by atoms with Crippen LogP contribution in [0.3, 0.4) is 0 Å². The first-order valence-corrected chi connectivity index (χ1v) is 18.1. The smallest absolute Gasteiger partial charge is 0.410 e. The first-order valence-electron chi connectivity index (χ1n) is 18.1. The van der Waals surface area contributed by atoms with E-state index in [0.717, 1.165) is 37.1 Å². The minimum atomic E-state index is -0.515. The topological polar surface area (TPSA) is 152 Å². The molecular formula is C39H56N4O8. The number of amides is 3. The molecule has 0 aromatic heterocycles. The fraction of sp³-hybridized carbons (Fsp3) is 0.564. The summed E-state index contributed by atoms with van der Waals surface area (Å²) in [6, 6.07) is 19.0. The SMILES string of the molecule is CC(C)(C)OC(=O)N1CCC(C(=O)CCCNC(=O)OCc2ccccc2)CC1.O=C(NCCCC(=O)C1CCNCC1)OCc1ccccc1. The molecule has 2 aliphatic heterocycles. The lowest BCUT2D eigenvalue weighted by Crippen LogP contribution is -2.43. The molecule has 12 nitrogen and oxygen atoms in total. The zero-order valence-corrected chi connectivity index (χ0v) is 30.5. The molecular weight excluding hydrogens is 652 g/mol. The largest absolute Gasteiger partial charge is 0.445 e. The Labute approximate surface area is 302 Å². The van der Waals surface area contributed by atoms with Crippen molar-refractivity contribution >= 4 is 29.8 Å². The lowest BCUT2D eigenvalue weighted by atomic mass is 9.90. The van der Waals surface area contributed by atoms with Crippen molar-refractivity contribution < 1.29 is 38.2 Å². The summed E-state index contributed by atoms with van der Waals surface area (Å²) in [5.74, 6) is 0.680. The van der Waals surface area contributed by atoms with Crippen molar-refractivity contribution in [1.29, 1.82) is 0 Å². The van der Waals surface area contributed by atoms with Crippen molar-refractivity contribution in [3.63, 3.8) is 0 Å². The normalized spacial score (nSPS) is 15.1. The second-order valence-corrected chi connectivity index (χ2v) is 13.9. The molecule has 2 fully saturated rings. The van der Waals surface area contributed by atoms with Crippen LogP contribution < -0.4 is 16.0 Å². The molecule has 4 rings (SSSR count). The van der Waals surface area contributed by atoms with Gasteiger partial charge in [0.25, 0.3) is 0 Å². The van der Waals surface area contributed by atoms with Crippen molar-refractivity contribution in [3.05, 3.63) is 71.8 Å². The Morgan fingerprint density at radius 1 is 0.686 bits per heavy atom. The third kappa shape index (κ3) is 17.4. The molecule has 280 valence electrons. The molecule has 2 aliphatic rings. The van der Waals surface area contributed by atoms with Crippen molar-refractivity contribution in [2.75, 3.05) is 39.3 Å². The van der Waals surface area contributed by atoms with Crippen LogP contribution in [0, 0.1) is 11.8 Å². The molecule has 2 aromatic carbocycles. The van der Waals surface area contributed by atoms with Crippen LogP contribution in [-0.2, 0) is 37.0 Å². The van der Waals surface area contributed by atoms with Gasteiger partial charge >= 0.3 is 18.3 Å². The summed E-state index contributed by atoms with van der Waals surface area (Å²) in [6.07, 6.45) is 4.15. The van der Waals surface area contributed by atoms with Gasteiger partial charge in [0, 0.05) is 50.9 Å². The van der Waals surface area contributed by atoms with Gasteiger partial charge in [0.1, 0.15) is 30.4 Å². The lowest BCUT2D eigenvalue weighted by molar-refractivity contribution is -0.124. The van der Waals surface area contributed by atoms with Gasteiger partial charge in [0.2, 0.25) is 0 Å². The van der Waals surface area contributed by atoms with Crippen molar-refractivity contribution in [2.45, 2.75) is 91.0 Å². The summed E-state index contributed by atoms with van der Waals surface area (Å²) in [6.45, 7) is 9.82. The number of rotatable bonds is 14. The average Bonchev–Trinajstić information content (AvgIpc) is 3.14. The Morgan fingerprint density at radius 3 is 1.55 bits per heavy atom. The van der Waals surface area contributed by atoms with E-state index in [4.69, 9.17) is 14.2 Å². The van der Waals surface area contributed by atoms with Crippen LogP contribution in [0.2, 0.25) is 0 Å². The minimum Gasteiger partial charge on any atom is -0.445 e. The van der Waals surface area contributed by atoms with Crippen LogP contribution in [0.1, 0.15) is 83.3 Å². The molecule has 3 amide bonds. The Morgan fingerprint density at radius 2 is 1.12 bits per heavy atom. The molecule has 0 spiro atoms. The third-order valence-electron chi connectivity index (χ3n) is 8.56. The Bertz CT molecular complexity index is 1350. The van der Waals surface area contributed by atoms with Crippen LogP contribution in [0.5, 0.6) is 0 Å². The molecule has 2 aromatic rings. The second-order valence-electron chi connectivity index (χ2n) is 13.9. The van der Waals surface area contributed by atoms with Gasteiger partial charge in [0.05, 0.1) is 0 Å². The maximum Gasteiger partial charge on any atom is 0.410 e. The summed E-state index contributed by atoms with van der Waals surface area (Å²) < 4.78 is 15.6.